The fraction of sp³-hybridized carbons (Fsp3) is 0.385. The van der Waals surface area contributed by atoms with Crippen molar-refractivity contribution >= 4 is 17.7 Å². The Morgan fingerprint density at radius 2 is 1.72 bits per heavy atom. The van der Waals surface area contributed by atoms with Gasteiger partial charge in [0, 0.05) is 49.8 Å². The van der Waals surface area contributed by atoms with Crippen LogP contribution in [0.5, 0.6) is 11.5 Å². The van der Waals surface area contributed by atoms with Crippen LogP contribution in [0.3, 0.4) is 0 Å². The van der Waals surface area contributed by atoms with Crippen molar-refractivity contribution in [3.05, 3.63) is 155 Å². The van der Waals surface area contributed by atoms with E-state index in [4.69, 9.17) is 24.2 Å². The zero-order valence-corrected chi connectivity index (χ0v) is 36.7. The topological polar surface area (TPSA) is 163 Å². The van der Waals surface area contributed by atoms with Gasteiger partial charge in [-0.15, -0.1) is 6.58 Å². The van der Waals surface area contributed by atoms with Crippen LogP contribution < -0.4 is 14.8 Å². The molecule has 3 N–H and O–H groups in total. The first-order valence-electron chi connectivity index (χ1n) is 22.5. The van der Waals surface area contributed by atoms with Crippen LogP contribution in [0.2, 0.25) is 0 Å². The number of hydrogen-bond donors (Lipinski definition) is 3. The van der Waals surface area contributed by atoms with Gasteiger partial charge < -0.3 is 39.5 Å². The lowest BCUT2D eigenvalue weighted by Gasteiger charge is -2.60. The van der Waals surface area contributed by atoms with Crippen LogP contribution in [0.15, 0.2) is 127 Å². The number of nitrogens with one attached hydrogen (secondary N) is 1. The summed E-state index contributed by atoms with van der Waals surface area (Å²) in [6, 6.07) is 28.5. The van der Waals surface area contributed by atoms with Crippen molar-refractivity contribution in [2.45, 2.75) is 82.7 Å². The van der Waals surface area contributed by atoms with Gasteiger partial charge >= 0.3 is 6.09 Å². The number of carbonyl (C=O) groups excluding carboxylic acids is 2. The third-order valence-corrected chi connectivity index (χ3v) is 12.6. The first-order chi connectivity index (χ1) is 31.7. The molecule has 0 bridgehead atoms. The molecule has 340 valence electrons. The van der Waals surface area contributed by atoms with Crippen LogP contribution in [0, 0.1) is 34.9 Å². The molecule has 6 atom stereocenters. The molecule has 1 aliphatic heterocycles. The summed E-state index contributed by atoms with van der Waals surface area (Å²) in [6.07, 6.45) is 7.57. The minimum absolute atomic E-state index is 0.0164. The number of hydrogen-bond acceptors (Lipinski definition) is 10. The van der Waals surface area contributed by atoms with Crippen molar-refractivity contribution in [2.75, 3.05) is 26.4 Å². The Morgan fingerprint density at radius 3 is 2.42 bits per heavy atom. The molecule has 0 unspecified atom stereocenters. The molecule has 4 aromatic carbocycles. The highest BCUT2D eigenvalue weighted by atomic mass is 19.1. The first-order valence-corrected chi connectivity index (χ1v) is 22.5. The highest BCUT2D eigenvalue weighted by Crippen LogP contribution is 2.62. The van der Waals surface area contributed by atoms with Crippen molar-refractivity contribution in [1.29, 1.82) is 5.26 Å². The lowest BCUT2D eigenvalue weighted by molar-refractivity contribution is -0.255. The highest BCUT2D eigenvalue weighted by Gasteiger charge is 2.65. The molecule has 2 amide bonds. The summed E-state index contributed by atoms with van der Waals surface area (Å²) in [7, 11) is 0. The number of rotatable bonds is 20. The van der Waals surface area contributed by atoms with E-state index < -0.39 is 29.7 Å². The molecule has 0 spiro atoms. The summed E-state index contributed by atoms with van der Waals surface area (Å²) in [4.78, 5) is 36.1. The van der Waals surface area contributed by atoms with E-state index in [0.29, 0.717) is 53.2 Å². The molecule has 12 nitrogen and oxygen atoms in total. The van der Waals surface area contributed by atoms with E-state index >= 15 is 4.79 Å². The molecule has 1 heterocycles. The quantitative estimate of drug-likeness (QED) is 0.0447. The standard InChI is InChI=1S/C52H57FN4O8/c1-3-28-62-52-47(57(34-37-18-22-40(53)23-19-37)50(60)38-20-16-35(32-54)17-21-38)31-45(56-63-4-2)43-29-39(14-8-10-26-58)42(15-9-11-27-59)48(49(43)52)44-30-41(24-25-46(44)65-52)64-51(61)55-33-36-12-6-5-7-13-36/h3,5-7,12-13,16-25,29-30,39,42,47-49,58-59H,1,4,8-11,14-15,26-28,31,33-34H2,2H3,(H,55,61)/t39-,42+,47-,48+,49+,52+/m0/s1. The summed E-state index contributed by atoms with van der Waals surface area (Å²) in [5.74, 6) is -2.65. The molecule has 4 aromatic rings. The van der Waals surface area contributed by atoms with Gasteiger partial charge in [-0.25, -0.2) is 9.18 Å². The number of carbonyl (C=O) groups is 2. The number of aliphatic hydroxyl groups excluding tert-OH is 2. The lowest BCUT2D eigenvalue weighted by atomic mass is 9.55. The smallest absolute Gasteiger partial charge is 0.412 e. The molecule has 0 saturated heterocycles. The van der Waals surface area contributed by atoms with Gasteiger partial charge in [-0.05, 0) is 116 Å². The number of unbranched alkanes of at least 4 members (excludes halogenated alkanes) is 2. The number of amides is 2. The van der Waals surface area contributed by atoms with Gasteiger partial charge in [-0.2, -0.15) is 5.26 Å². The number of oxime groups is 1. The number of fused-ring (bicyclic) bond motifs is 2. The first kappa shape index (κ1) is 46.7. The molecule has 2 aliphatic carbocycles. The number of ether oxygens (including phenoxy) is 3. The van der Waals surface area contributed by atoms with Crippen LogP contribution in [0.4, 0.5) is 9.18 Å². The molecule has 13 heteroatoms. The Morgan fingerprint density at radius 1 is 0.985 bits per heavy atom. The minimum atomic E-state index is -1.58. The number of aliphatic hydroxyl groups is 2. The van der Waals surface area contributed by atoms with Gasteiger partial charge in [0.15, 0.2) is 0 Å². The Hall–Kier alpha value is -6.33. The second-order valence-corrected chi connectivity index (χ2v) is 16.7. The molecule has 1 fully saturated rings. The van der Waals surface area contributed by atoms with E-state index in [1.165, 1.54) is 12.1 Å². The number of nitrogens with zero attached hydrogens (tertiary/aromatic N) is 3. The Labute approximate surface area is 380 Å². The molecule has 7 rings (SSSR count). The molecule has 1 saturated carbocycles. The average molecular weight is 885 g/mol. The summed E-state index contributed by atoms with van der Waals surface area (Å²) in [5.41, 5.74) is 4.54. The fourth-order valence-electron chi connectivity index (χ4n) is 9.73. The van der Waals surface area contributed by atoms with Gasteiger partial charge in [-0.1, -0.05) is 72.6 Å². The normalized spacial score (nSPS) is 22.3. The summed E-state index contributed by atoms with van der Waals surface area (Å²) < 4.78 is 34.7. The Balaban J connectivity index is 1.42. The lowest BCUT2D eigenvalue weighted by Crippen LogP contribution is -2.70. The molecule has 65 heavy (non-hydrogen) atoms. The second kappa shape index (κ2) is 22.0. The van der Waals surface area contributed by atoms with E-state index in [1.807, 2.05) is 43.3 Å². The van der Waals surface area contributed by atoms with E-state index in [2.05, 4.69) is 24.0 Å². The third kappa shape index (κ3) is 10.6. The SMILES string of the molecule is C=CCO[C@@]12Oc3ccc(OC(=O)NCc4ccccc4)cc3[C@H]3[C@H](CCCCO)[C@@H](CCCCO)C=C(C(=NOCC)C[C@@H]1N(Cc1ccc(F)cc1)C(=O)c1ccc(C#N)cc1)[C@H]32. The largest absolute Gasteiger partial charge is 0.459 e. The summed E-state index contributed by atoms with van der Waals surface area (Å²) in [6.45, 7) is 6.59. The second-order valence-electron chi connectivity index (χ2n) is 16.7. The van der Waals surface area contributed by atoms with Crippen molar-refractivity contribution in [2.24, 2.45) is 22.9 Å². The van der Waals surface area contributed by atoms with E-state index in [1.54, 1.807) is 59.5 Å². The zero-order valence-electron chi connectivity index (χ0n) is 36.7. The predicted molar refractivity (Wildman–Crippen MR) is 243 cm³/mol. The van der Waals surface area contributed by atoms with Crippen LogP contribution in [0.1, 0.15) is 90.4 Å². The van der Waals surface area contributed by atoms with E-state index in [9.17, 15) is 24.7 Å². The van der Waals surface area contributed by atoms with Gasteiger partial charge in [0.2, 0.25) is 5.79 Å². The highest BCUT2D eigenvalue weighted by molar-refractivity contribution is 6.03. The van der Waals surface area contributed by atoms with Crippen molar-refractivity contribution in [1.82, 2.24) is 10.2 Å². The monoisotopic (exact) mass is 884 g/mol. The van der Waals surface area contributed by atoms with E-state index in [-0.39, 0.29) is 69.6 Å². The zero-order chi connectivity index (χ0) is 45.8. The maximum absolute atomic E-state index is 15.2. The van der Waals surface area contributed by atoms with Crippen molar-refractivity contribution in [3.8, 4) is 17.6 Å². The minimum Gasteiger partial charge on any atom is -0.459 e. The number of nitriles is 1. The molecular weight excluding hydrogens is 828 g/mol. The average Bonchev–Trinajstić information content (AvgIpc) is 3.33. The molecule has 3 aliphatic rings. The Bertz CT molecular complexity index is 2370. The fourth-order valence-corrected chi connectivity index (χ4v) is 9.73. The Kier molecular flexibility index (Phi) is 15.8. The van der Waals surface area contributed by atoms with Gasteiger partial charge in [0.1, 0.15) is 30.0 Å². The third-order valence-electron chi connectivity index (χ3n) is 12.6. The van der Waals surface area contributed by atoms with Gasteiger partial charge in [0.05, 0.1) is 29.9 Å². The maximum Gasteiger partial charge on any atom is 0.412 e. The van der Waals surface area contributed by atoms with Gasteiger partial charge in [0.25, 0.3) is 5.91 Å². The molecule has 0 radical (unpaired) electrons. The van der Waals surface area contributed by atoms with Crippen molar-refractivity contribution < 1.29 is 43.2 Å². The predicted octanol–water partition coefficient (Wildman–Crippen LogP) is 8.98. The number of benzene rings is 4. The number of allylic oxidation sites excluding steroid dienone is 1. The van der Waals surface area contributed by atoms with Crippen LogP contribution in [-0.2, 0) is 22.7 Å². The number of halogens is 1. The molecule has 0 aromatic heterocycles. The van der Waals surface area contributed by atoms with Crippen LogP contribution in [-0.4, -0.2) is 71.1 Å². The summed E-state index contributed by atoms with van der Waals surface area (Å²) in [5, 5.41) is 37.1. The maximum atomic E-state index is 15.2. The molecular formula is C52H57FN4O8. The van der Waals surface area contributed by atoms with Crippen molar-refractivity contribution in [3.63, 3.8) is 0 Å². The van der Waals surface area contributed by atoms with E-state index in [0.717, 1.165) is 36.0 Å². The van der Waals surface area contributed by atoms with Crippen LogP contribution >= 0.6 is 0 Å². The van der Waals surface area contributed by atoms with Gasteiger partial charge in [-0.3, -0.25) is 4.79 Å². The summed E-state index contributed by atoms with van der Waals surface area (Å²) >= 11 is 0. The van der Waals surface area contributed by atoms with Crippen LogP contribution in [0.25, 0.3) is 0 Å².